The lowest BCUT2D eigenvalue weighted by Crippen LogP contribution is -2.23. The van der Waals surface area contributed by atoms with Crippen LogP contribution in [0.15, 0.2) is 65.6 Å². The molecule has 0 bridgehead atoms. The van der Waals surface area contributed by atoms with Crippen LogP contribution < -0.4 is 5.32 Å². The molecular formula is C20H19NO3S. The van der Waals surface area contributed by atoms with Gasteiger partial charge >= 0.3 is 0 Å². The summed E-state index contributed by atoms with van der Waals surface area (Å²) in [6.45, 7) is 3.84. The molecule has 3 aromatic rings. The highest BCUT2D eigenvalue weighted by molar-refractivity contribution is 7.92. The molecule has 0 fully saturated rings. The lowest BCUT2D eigenvalue weighted by molar-refractivity contribution is -0.113. The monoisotopic (exact) mass is 353 g/mol. The Morgan fingerprint density at radius 2 is 1.64 bits per heavy atom. The van der Waals surface area contributed by atoms with Crippen molar-refractivity contribution in [2.45, 2.75) is 18.7 Å². The fourth-order valence-corrected chi connectivity index (χ4v) is 3.92. The minimum absolute atomic E-state index is 0.155. The number of amides is 1. The van der Waals surface area contributed by atoms with E-state index in [0.29, 0.717) is 5.69 Å². The standard InChI is InChI=1S/C20H19NO3S/c1-14-7-10-19(15(2)11-14)21-20(22)13-25(23,24)18-9-8-16-5-3-4-6-17(16)12-18/h3-12H,13H2,1-2H3,(H,21,22). The number of hydrogen-bond donors (Lipinski definition) is 1. The number of rotatable bonds is 4. The summed E-state index contributed by atoms with van der Waals surface area (Å²) >= 11 is 0. The summed E-state index contributed by atoms with van der Waals surface area (Å²) in [6.07, 6.45) is 0. The molecule has 3 rings (SSSR count). The Balaban J connectivity index is 1.81. The van der Waals surface area contributed by atoms with Crippen molar-refractivity contribution in [1.29, 1.82) is 0 Å². The summed E-state index contributed by atoms with van der Waals surface area (Å²) in [6, 6.07) is 18.0. The van der Waals surface area contributed by atoms with Crippen LogP contribution >= 0.6 is 0 Å². The molecule has 0 radical (unpaired) electrons. The van der Waals surface area contributed by atoms with Crippen molar-refractivity contribution in [3.8, 4) is 0 Å². The van der Waals surface area contributed by atoms with Gasteiger partial charge in [-0.2, -0.15) is 0 Å². The molecule has 0 saturated heterocycles. The summed E-state index contributed by atoms with van der Waals surface area (Å²) < 4.78 is 25.1. The van der Waals surface area contributed by atoms with Gasteiger partial charge in [0.2, 0.25) is 5.91 Å². The number of sulfone groups is 1. The summed E-state index contributed by atoms with van der Waals surface area (Å²) in [5, 5.41) is 4.47. The Morgan fingerprint density at radius 1 is 0.920 bits per heavy atom. The van der Waals surface area contributed by atoms with Crippen molar-refractivity contribution in [2.75, 3.05) is 11.1 Å². The van der Waals surface area contributed by atoms with Crippen molar-refractivity contribution < 1.29 is 13.2 Å². The summed E-state index contributed by atoms with van der Waals surface area (Å²) in [5.41, 5.74) is 2.61. The summed E-state index contributed by atoms with van der Waals surface area (Å²) in [4.78, 5) is 12.4. The lowest BCUT2D eigenvalue weighted by Gasteiger charge is -2.10. The third kappa shape index (κ3) is 3.88. The number of aryl methyl sites for hydroxylation is 2. The quantitative estimate of drug-likeness (QED) is 0.774. The molecule has 3 aromatic carbocycles. The highest BCUT2D eigenvalue weighted by Crippen LogP contribution is 2.21. The molecule has 0 aliphatic rings. The Bertz CT molecular complexity index is 1060. The van der Waals surface area contributed by atoms with Gasteiger partial charge < -0.3 is 5.32 Å². The maximum absolute atomic E-state index is 12.6. The largest absolute Gasteiger partial charge is 0.325 e. The first-order valence-corrected chi connectivity index (χ1v) is 9.59. The van der Waals surface area contributed by atoms with E-state index < -0.39 is 21.5 Å². The highest BCUT2D eigenvalue weighted by atomic mass is 32.2. The lowest BCUT2D eigenvalue weighted by atomic mass is 10.1. The van der Waals surface area contributed by atoms with Crippen LogP contribution in [-0.4, -0.2) is 20.1 Å². The van der Waals surface area contributed by atoms with Gasteiger partial charge in [0.1, 0.15) is 5.75 Å². The van der Waals surface area contributed by atoms with E-state index >= 15 is 0 Å². The van der Waals surface area contributed by atoms with Crippen molar-refractivity contribution in [2.24, 2.45) is 0 Å². The van der Waals surface area contributed by atoms with Crippen molar-refractivity contribution >= 4 is 32.2 Å². The molecule has 0 unspecified atom stereocenters. The number of carbonyl (C=O) groups is 1. The predicted molar refractivity (Wildman–Crippen MR) is 101 cm³/mol. The number of fused-ring (bicyclic) bond motifs is 1. The fourth-order valence-electron chi connectivity index (χ4n) is 2.76. The van der Waals surface area contributed by atoms with E-state index in [4.69, 9.17) is 0 Å². The van der Waals surface area contributed by atoms with Crippen LogP contribution in [0.25, 0.3) is 10.8 Å². The van der Waals surface area contributed by atoms with E-state index in [1.807, 2.05) is 50.2 Å². The molecule has 0 saturated carbocycles. The number of benzene rings is 3. The minimum atomic E-state index is -3.70. The second kappa shape index (κ2) is 6.69. The van der Waals surface area contributed by atoms with Gasteiger partial charge in [-0.05, 0) is 48.4 Å². The van der Waals surface area contributed by atoms with Gasteiger partial charge in [0.25, 0.3) is 0 Å². The normalized spacial score (nSPS) is 11.4. The molecule has 5 heteroatoms. The fraction of sp³-hybridized carbons (Fsp3) is 0.150. The predicted octanol–water partition coefficient (Wildman–Crippen LogP) is 3.87. The number of hydrogen-bond acceptors (Lipinski definition) is 3. The third-order valence-corrected chi connectivity index (χ3v) is 5.67. The van der Waals surface area contributed by atoms with Crippen LogP contribution in [0, 0.1) is 13.8 Å². The molecule has 1 amide bonds. The Labute approximate surface area is 147 Å². The van der Waals surface area contributed by atoms with Crippen molar-refractivity contribution in [3.63, 3.8) is 0 Å². The number of carbonyl (C=O) groups excluding carboxylic acids is 1. The van der Waals surface area contributed by atoms with E-state index in [2.05, 4.69) is 5.32 Å². The molecule has 25 heavy (non-hydrogen) atoms. The highest BCUT2D eigenvalue weighted by Gasteiger charge is 2.20. The average molecular weight is 353 g/mol. The van der Waals surface area contributed by atoms with Crippen molar-refractivity contribution in [1.82, 2.24) is 0 Å². The van der Waals surface area contributed by atoms with Crippen LogP contribution in [-0.2, 0) is 14.6 Å². The van der Waals surface area contributed by atoms with Gasteiger partial charge in [0.15, 0.2) is 9.84 Å². The second-order valence-electron chi connectivity index (χ2n) is 6.13. The number of anilines is 1. The zero-order valence-corrected chi connectivity index (χ0v) is 14.9. The molecule has 0 spiro atoms. The van der Waals surface area contributed by atoms with Crippen molar-refractivity contribution in [3.05, 3.63) is 71.8 Å². The van der Waals surface area contributed by atoms with Gasteiger partial charge in [0.05, 0.1) is 4.90 Å². The van der Waals surface area contributed by atoms with Crippen LogP contribution in [0.5, 0.6) is 0 Å². The Morgan fingerprint density at radius 3 is 2.36 bits per heavy atom. The SMILES string of the molecule is Cc1ccc(NC(=O)CS(=O)(=O)c2ccc3ccccc3c2)c(C)c1. The van der Waals surface area contributed by atoms with E-state index in [9.17, 15) is 13.2 Å². The molecule has 0 atom stereocenters. The molecule has 128 valence electrons. The molecule has 0 heterocycles. The summed E-state index contributed by atoms with van der Waals surface area (Å²) in [5.74, 6) is -1.13. The van der Waals surface area contributed by atoms with E-state index in [1.165, 1.54) is 0 Å². The topological polar surface area (TPSA) is 63.2 Å². The molecule has 4 nitrogen and oxygen atoms in total. The molecule has 1 N–H and O–H groups in total. The molecular weight excluding hydrogens is 334 g/mol. The van der Waals surface area contributed by atoms with Gasteiger partial charge in [-0.3, -0.25) is 4.79 Å². The smallest absolute Gasteiger partial charge is 0.239 e. The first-order valence-electron chi connectivity index (χ1n) is 7.94. The van der Waals surface area contributed by atoms with Crippen LogP contribution in [0.4, 0.5) is 5.69 Å². The van der Waals surface area contributed by atoms with Crippen LogP contribution in [0.2, 0.25) is 0 Å². The third-order valence-electron chi connectivity index (χ3n) is 4.06. The average Bonchev–Trinajstić information content (AvgIpc) is 2.56. The maximum Gasteiger partial charge on any atom is 0.239 e. The van der Waals surface area contributed by atoms with Gasteiger partial charge in [-0.15, -0.1) is 0 Å². The first-order chi connectivity index (χ1) is 11.8. The maximum atomic E-state index is 12.6. The molecule has 0 aromatic heterocycles. The van der Waals surface area contributed by atoms with E-state index in [1.54, 1.807) is 24.3 Å². The van der Waals surface area contributed by atoms with Crippen LogP contribution in [0.1, 0.15) is 11.1 Å². The minimum Gasteiger partial charge on any atom is -0.325 e. The van der Waals surface area contributed by atoms with Gasteiger partial charge in [-0.1, -0.05) is 48.0 Å². The second-order valence-corrected chi connectivity index (χ2v) is 8.12. The number of nitrogens with one attached hydrogen (secondary N) is 1. The first kappa shape index (κ1) is 17.2. The zero-order valence-electron chi connectivity index (χ0n) is 14.1. The van der Waals surface area contributed by atoms with Gasteiger partial charge in [-0.25, -0.2) is 8.42 Å². The van der Waals surface area contributed by atoms with Crippen LogP contribution in [0.3, 0.4) is 0 Å². The zero-order chi connectivity index (χ0) is 18.0. The Kier molecular flexibility index (Phi) is 4.59. The van der Waals surface area contributed by atoms with E-state index in [0.717, 1.165) is 21.9 Å². The molecule has 0 aliphatic carbocycles. The summed E-state index contributed by atoms with van der Waals surface area (Å²) in [7, 11) is -3.70. The molecule has 0 aliphatic heterocycles. The van der Waals surface area contributed by atoms with E-state index in [-0.39, 0.29) is 4.90 Å². The Hall–Kier alpha value is -2.66. The van der Waals surface area contributed by atoms with Gasteiger partial charge in [0, 0.05) is 5.69 Å².